The fourth-order valence-electron chi connectivity index (χ4n) is 3.07. The van der Waals surface area contributed by atoms with Crippen LogP contribution in [-0.2, 0) is 11.3 Å². The summed E-state index contributed by atoms with van der Waals surface area (Å²) in [4.78, 5) is 17.8. The number of aromatic nitrogens is 2. The summed E-state index contributed by atoms with van der Waals surface area (Å²) >= 11 is 1.67. The molecule has 1 aliphatic rings. The third-order valence-corrected chi connectivity index (χ3v) is 5.39. The molecule has 132 valence electrons. The van der Waals surface area contributed by atoms with Crippen LogP contribution in [0.25, 0.3) is 11.0 Å². The van der Waals surface area contributed by atoms with Gasteiger partial charge in [-0.1, -0.05) is 12.1 Å². The Hall–Kier alpha value is -2.67. The van der Waals surface area contributed by atoms with Gasteiger partial charge in [0.05, 0.1) is 16.7 Å². The summed E-state index contributed by atoms with van der Waals surface area (Å²) in [5, 5.41) is 4.26. The summed E-state index contributed by atoms with van der Waals surface area (Å²) < 4.78 is 15.4. The third-order valence-electron chi connectivity index (χ3n) is 4.31. The van der Waals surface area contributed by atoms with Crippen LogP contribution in [-0.4, -0.2) is 26.9 Å². The third kappa shape index (κ3) is 3.22. The number of amides is 1. The maximum absolute atomic E-state index is 13.5. The molecule has 0 saturated heterocycles. The van der Waals surface area contributed by atoms with Crippen molar-refractivity contribution in [3.05, 3.63) is 59.7 Å². The van der Waals surface area contributed by atoms with Gasteiger partial charge in [-0.2, -0.15) is 5.10 Å². The number of aryl methyl sites for hydroxylation is 1. The maximum Gasteiger partial charge on any atom is 0.260 e. The second-order valence-corrected chi connectivity index (χ2v) is 7.20. The molecule has 2 heterocycles. The minimum atomic E-state index is -0.300. The Morgan fingerprint density at radius 3 is 3.08 bits per heavy atom. The van der Waals surface area contributed by atoms with E-state index < -0.39 is 0 Å². The van der Waals surface area contributed by atoms with E-state index in [-0.39, 0.29) is 18.3 Å². The molecule has 26 heavy (non-hydrogen) atoms. The molecule has 1 aromatic heterocycles. The standard InChI is InChI=1S/C19H17FN4OS/c1-12-21-16-4-2-3-5-17(16)24(12)11-19(25)23-22-15-8-9-26-18-7-6-13(20)10-14(15)18/h2-7,10H,8-9,11H2,1H3,(H,23,25). The number of nitrogens with zero attached hydrogens (tertiary/aromatic N) is 3. The SMILES string of the molecule is Cc1nc2ccccc2n1CC(=O)NN=C1CCSc2ccc(F)cc21. The number of thioether (sulfide) groups is 1. The lowest BCUT2D eigenvalue weighted by Crippen LogP contribution is -2.26. The van der Waals surface area contributed by atoms with Crippen LogP contribution in [0.4, 0.5) is 4.39 Å². The zero-order valence-electron chi connectivity index (χ0n) is 14.2. The Morgan fingerprint density at radius 1 is 1.35 bits per heavy atom. The van der Waals surface area contributed by atoms with E-state index in [2.05, 4.69) is 15.5 Å². The van der Waals surface area contributed by atoms with E-state index in [4.69, 9.17) is 0 Å². The molecule has 1 amide bonds. The van der Waals surface area contributed by atoms with E-state index >= 15 is 0 Å². The van der Waals surface area contributed by atoms with Gasteiger partial charge in [-0.05, 0) is 37.3 Å². The number of carbonyl (C=O) groups excluding carboxylic acids is 1. The van der Waals surface area contributed by atoms with Gasteiger partial charge in [-0.25, -0.2) is 14.8 Å². The fraction of sp³-hybridized carbons (Fsp3) is 0.211. The summed E-state index contributed by atoms with van der Waals surface area (Å²) in [6.07, 6.45) is 0.689. The van der Waals surface area contributed by atoms with Gasteiger partial charge in [0.2, 0.25) is 0 Å². The Balaban J connectivity index is 1.54. The zero-order chi connectivity index (χ0) is 18.1. The molecule has 7 heteroatoms. The lowest BCUT2D eigenvalue weighted by molar-refractivity contribution is -0.121. The molecule has 2 aromatic carbocycles. The van der Waals surface area contributed by atoms with Gasteiger partial charge in [-0.3, -0.25) is 4.79 Å². The first kappa shape index (κ1) is 16.8. The number of carbonyl (C=O) groups is 1. The van der Waals surface area contributed by atoms with Crippen molar-refractivity contribution in [1.29, 1.82) is 0 Å². The smallest absolute Gasteiger partial charge is 0.260 e. The van der Waals surface area contributed by atoms with Gasteiger partial charge >= 0.3 is 0 Å². The van der Waals surface area contributed by atoms with Crippen molar-refractivity contribution in [1.82, 2.24) is 15.0 Å². The number of nitrogens with one attached hydrogen (secondary N) is 1. The molecule has 0 bridgehead atoms. The monoisotopic (exact) mass is 368 g/mol. The molecule has 0 saturated carbocycles. The highest BCUT2D eigenvalue weighted by Crippen LogP contribution is 2.30. The van der Waals surface area contributed by atoms with E-state index in [1.807, 2.05) is 35.8 Å². The molecular formula is C19H17FN4OS. The van der Waals surface area contributed by atoms with Crippen molar-refractivity contribution < 1.29 is 9.18 Å². The highest BCUT2D eigenvalue weighted by molar-refractivity contribution is 7.99. The second-order valence-electron chi connectivity index (χ2n) is 6.07. The Kier molecular flexibility index (Phi) is 4.46. The Bertz CT molecular complexity index is 1030. The maximum atomic E-state index is 13.5. The molecule has 0 unspecified atom stereocenters. The topological polar surface area (TPSA) is 59.3 Å². The van der Waals surface area contributed by atoms with Gasteiger partial charge in [0, 0.05) is 22.6 Å². The number of hydrogen-bond acceptors (Lipinski definition) is 4. The first-order valence-electron chi connectivity index (χ1n) is 8.32. The normalized spacial score (nSPS) is 15.2. The molecule has 0 aliphatic carbocycles. The van der Waals surface area contributed by atoms with Crippen LogP contribution in [0.15, 0.2) is 52.5 Å². The zero-order valence-corrected chi connectivity index (χ0v) is 15.0. The average molecular weight is 368 g/mol. The molecule has 1 aliphatic heterocycles. The van der Waals surface area contributed by atoms with Crippen LogP contribution in [0, 0.1) is 12.7 Å². The van der Waals surface area contributed by atoms with Crippen LogP contribution in [0.1, 0.15) is 17.8 Å². The number of imidazole rings is 1. The van der Waals surface area contributed by atoms with Crippen LogP contribution >= 0.6 is 11.8 Å². The minimum absolute atomic E-state index is 0.133. The number of hydrogen-bond donors (Lipinski definition) is 1. The van der Waals surface area contributed by atoms with E-state index in [0.717, 1.165) is 33.1 Å². The van der Waals surface area contributed by atoms with Crippen LogP contribution in [0.3, 0.4) is 0 Å². The molecule has 0 fully saturated rings. The summed E-state index contributed by atoms with van der Waals surface area (Å²) in [7, 11) is 0. The van der Waals surface area contributed by atoms with Crippen molar-refractivity contribution in [2.24, 2.45) is 5.10 Å². The van der Waals surface area contributed by atoms with Gasteiger partial charge < -0.3 is 4.57 Å². The highest BCUT2D eigenvalue weighted by Gasteiger charge is 2.17. The summed E-state index contributed by atoms with van der Waals surface area (Å²) in [5.41, 5.74) is 5.84. The van der Waals surface area contributed by atoms with E-state index in [1.165, 1.54) is 12.1 Å². The fourth-order valence-corrected chi connectivity index (χ4v) is 4.08. The van der Waals surface area contributed by atoms with Gasteiger partial charge in [0.1, 0.15) is 18.2 Å². The molecule has 0 spiro atoms. The molecule has 0 atom stereocenters. The minimum Gasteiger partial charge on any atom is -0.319 e. The summed E-state index contributed by atoms with van der Waals surface area (Å²) in [6.45, 7) is 2.00. The van der Waals surface area contributed by atoms with Crippen LogP contribution < -0.4 is 5.43 Å². The number of halogens is 1. The van der Waals surface area contributed by atoms with Gasteiger partial charge in [0.15, 0.2) is 0 Å². The van der Waals surface area contributed by atoms with Crippen molar-refractivity contribution >= 4 is 34.4 Å². The molecule has 5 nitrogen and oxygen atoms in total. The first-order valence-corrected chi connectivity index (χ1v) is 9.30. The molecule has 4 rings (SSSR count). The van der Waals surface area contributed by atoms with Gasteiger partial charge in [0.25, 0.3) is 5.91 Å². The van der Waals surface area contributed by atoms with E-state index in [9.17, 15) is 9.18 Å². The van der Waals surface area contributed by atoms with Crippen molar-refractivity contribution in [3.63, 3.8) is 0 Å². The molecule has 1 N–H and O–H groups in total. The molecular weight excluding hydrogens is 351 g/mol. The van der Waals surface area contributed by atoms with Crippen molar-refractivity contribution in [2.75, 3.05) is 5.75 Å². The van der Waals surface area contributed by atoms with E-state index in [1.54, 1.807) is 17.8 Å². The lowest BCUT2D eigenvalue weighted by atomic mass is 10.1. The van der Waals surface area contributed by atoms with Crippen LogP contribution in [0.2, 0.25) is 0 Å². The first-order chi connectivity index (χ1) is 12.6. The van der Waals surface area contributed by atoms with Gasteiger partial charge in [-0.15, -0.1) is 11.8 Å². The number of rotatable bonds is 3. The number of para-hydroxylation sites is 2. The molecule has 3 aromatic rings. The number of benzene rings is 2. The predicted octanol–water partition coefficient (Wildman–Crippen LogP) is 3.50. The predicted molar refractivity (Wildman–Crippen MR) is 101 cm³/mol. The van der Waals surface area contributed by atoms with Crippen molar-refractivity contribution in [2.45, 2.75) is 24.8 Å². The van der Waals surface area contributed by atoms with E-state index in [0.29, 0.717) is 12.1 Å². The quantitative estimate of drug-likeness (QED) is 0.720. The number of hydrazone groups is 1. The average Bonchev–Trinajstić information content (AvgIpc) is 2.95. The second kappa shape index (κ2) is 6.92. The summed E-state index contributed by atoms with van der Waals surface area (Å²) in [6, 6.07) is 12.4. The molecule has 0 radical (unpaired) electrons. The van der Waals surface area contributed by atoms with Crippen LogP contribution in [0.5, 0.6) is 0 Å². The Morgan fingerprint density at radius 2 is 2.19 bits per heavy atom. The Labute approximate surface area is 154 Å². The largest absolute Gasteiger partial charge is 0.319 e. The summed E-state index contributed by atoms with van der Waals surface area (Å²) in [5.74, 6) is 1.10. The lowest BCUT2D eigenvalue weighted by Gasteiger charge is -2.17. The van der Waals surface area contributed by atoms with Crippen molar-refractivity contribution in [3.8, 4) is 0 Å². The number of fused-ring (bicyclic) bond motifs is 2. The highest BCUT2D eigenvalue weighted by atomic mass is 32.2.